The number of alkyl halides is 3. The first-order valence-electron chi connectivity index (χ1n) is 8.04. The number of carbonyl (C=O) groups is 1. The van der Waals surface area contributed by atoms with Crippen molar-refractivity contribution >= 4 is 17.3 Å². The Balaban J connectivity index is 2.05. The van der Waals surface area contributed by atoms with Gasteiger partial charge in [0.25, 0.3) is 0 Å². The van der Waals surface area contributed by atoms with Gasteiger partial charge in [0.05, 0.1) is 17.5 Å². The van der Waals surface area contributed by atoms with E-state index in [0.29, 0.717) is 19.4 Å². The Hall–Kier alpha value is -1.86. The van der Waals surface area contributed by atoms with Gasteiger partial charge < -0.3 is 5.11 Å². The summed E-state index contributed by atoms with van der Waals surface area (Å²) >= 11 is 1.39. The van der Waals surface area contributed by atoms with Gasteiger partial charge in [-0.25, -0.2) is 0 Å². The van der Waals surface area contributed by atoms with Crippen LogP contribution in [0.25, 0.3) is 0 Å². The number of nitrogens with zero attached hydrogens (tertiary/aromatic N) is 1. The second-order valence-electron chi connectivity index (χ2n) is 6.18. The summed E-state index contributed by atoms with van der Waals surface area (Å²) in [4.78, 5) is 14.0. The molecule has 1 aromatic carbocycles. The van der Waals surface area contributed by atoms with Gasteiger partial charge in [-0.1, -0.05) is 24.3 Å². The molecule has 1 aliphatic heterocycles. The number of halogens is 3. The predicted octanol–water partition coefficient (Wildman–Crippen LogP) is 4.65. The topological polar surface area (TPSA) is 40.5 Å². The number of benzene rings is 1. The van der Waals surface area contributed by atoms with Gasteiger partial charge in [-0.15, -0.1) is 11.3 Å². The number of carboxylic acids is 1. The SMILES string of the molecule is O=C(O)C1CCCN(C(c2cccs2)c2ccccc2C(F)(F)F)C1. The first-order chi connectivity index (χ1) is 11.9. The zero-order valence-corrected chi connectivity index (χ0v) is 14.2. The maximum absolute atomic E-state index is 13.5. The molecule has 0 amide bonds. The van der Waals surface area contributed by atoms with Crippen LogP contribution in [0.1, 0.15) is 34.9 Å². The van der Waals surface area contributed by atoms with Gasteiger partial charge in [-0.05, 0) is 42.5 Å². The zero-order chi connectivity index (χ0) is 18.0. The highest BCUT2D eigenvalue weighted by atomic mass is 32.1. The summed E-state index contributed by atoms with van der Waals surface area (Å²) in [5.41, 5.74) is -0.477. The Morgan fingerprint density at radius 3 is 2.64 bits per heavy atom. The van der Waals surface area contributed by atoms with Crippen LogP contribution in [-0.4, -0.2) is 29.1 Å². The number of hydrogen-bond donors (Lipinski definition) is 1. The molecular weight excluding hydrogens is 351 g/mol. The van der Waals surface area contributed by atoms with Crippen molar-refractivity contribution in [3.63, 3.8) is 0 Å². The second-order valence-corrected chi connectivity index (χ2v) is 7.15. The first kappa shape index (κ1) is 17.9. The molecule has 0 bridgehead atoms. The fourth-order valence-electron chi connectivity index (χ4n) is 3.41. The normalized spacial score (nSPS) is 20.4. The molecule has 2 aromatic rings. The van der Waals surface area contributed by atoms with Crippen LogP contribution in [0.15, 0.2) is 41.8 Å². The average molecular weight is 369 g/mol. The molecule has 0 saturated carbocycles. The molecule has 2 heterocycles. The van der Waals surface area contributed by atoms with E-state index in [9.17, 15) is 23.1 Å². The van der Waals surface area contributed by atoms with Crippen molar-refractivity contribution in [2.45, 2.75) is 25.1 Å². The summed E-state index contributed by atoms with van der Waals surface area (Å²) in [5, 5.41) is 11.1. The van der Waals surface area contributed by atoms with E-state index < -0.39 is 29.7 Å². The number of aliphatic carboxylic acids is 1. The van der Waals surface area contributed by atoms with Gasteiger partial charge in [-0.3, -0.25) is 9.69 Å². The van der Waals surface area contributed by atoms with Crippen LogP contribution >= 0.6 is 11.3 Å². The van der Waals surface area contributed by atoms with Crippen LogP contribution in [0.4, 0.5) is 13.2 Å². The smallest absolute Gasteiger partial charge is 0.416 e. The second kappa shape index (κ2) is 7.17. The molecule has 2 unspecified atom stereocenters. The summed E-state index contributed by atoms with van der Waals surface area (Å²) in [5.74, 6) is -1.44. The zero-order valence-electron chi connectivity index (χ0n) is 13.4. The molecule has 1 N–H and O–H groups in total. The van der Waals surface area contributed by atoms with E-state index in [2.05, 4.69) is 0 Å². The van der Waals surface area contributed by atoms with Crippen molar-refractivity contribution in [1.29, 1.82) is 0 Å². The van der Waals surface area contributed by atoms with E-state index in [0.717, 1.165) is 10.9 Å². The van der Waals surface area contributed by atoms with E-state index in [1.807, 2.05) is 22.4 Å². The fourth-order valence-corrected chi connectivity index (χ4v) is 4.29. The Bertz CT molecular complexity index is 730. The maximum Gasteiger partial charge on any atom is 0.416 e. The molecule has 1 saturated heterocycles. The number of hydrogen-bond acceptors (Lipinski definition) is 3. The minimum Gasteiger partial charge on any atom is -0.481 e. The van der Waals surface area contributed by atoms with Crippen LogP contribution in [0.3, 0.4) is 0 Å². The molecule has 3 nitrogen and oxygen atoms in total. The van der Waals surface area contributed by atoms with Crippen molar-refractivity contribution in [2.75, 3.05) is 13.1 Å². The van der Waals surface area contributed by atoms with E-state index >= 15 is 0 Å². The molecule has 2 atom stereocenters. The Kier molecular flexibility index (Phi) is 5.15. The lowest BCUT2D eigenvalue weighted by Crippen LogP contribution is -2.41. The van der Waals surface area contributed by atoms with Crippen LogP contribution in [0, 0.1) is 5.92 Å². The third kappa shape index (κ3) is 3.88. The van der Waals surface area contributed by atoms with Crippen LogP contribution < -0.4 is 0 Å². The molecule has 134 valence electrons. The molecule has 25 heavy (non-hydrogen) atoms. The Labute approximate surface area is 147 Å². The Morgan fingerprint density at radius 2 is 2.00 bits per heavy atom. The molecule has 1 fully saturated rings. The molecule has 0 aliphatic carbocycles. The van der Waals surface area contributed by atoms with E-state index in [-0.39, 0.29) is 12.1 Å². The lowest BCUT2D eigenvalue weighted by atomic mass is 9.92. The minimum atomic E-state index is -4.45. The largest absolute Gasteiger partial charge is 0.481 e. The van der Waals surface area contributed by atoms with Crippen molar-refractivity contribution in [3.8, 4) is 0 Å². The number of likely N-dealkylation sites (tertiary alicyclic amines) is 1. The van der Waals surface area contributed by atoms with Gasteiger partial charge in [0.15, 0.2) is 0 Å². The first-order valence-corrected chi connectivity index (χ1v) is 8.92. The van der Waals surface area contributed by atoms with Crippen molar-refractivity contribution in [1.82, 2.24) is 4.90 Å². The lowest BCUT2D eigenvalue weighted by Gasteiger charge is -2.37. The van der Waals surface area contributed by atoms with Gasteiger partial charge in [0.2, 0.25) is 0 Å². The predicted molar refractivity (Wildman–Crippen MR) is 89.5 cm³/mol. The molecule has 1 aliphatic rings. The molecule has 7 heteroatoms. The molecule has 0 spiro atoms. The maximum atomic E-state index is 13.5. The highest BCUT2D eigenvalue weighted by Crippen LogP contribution is 2.41. The average Bonchev–Trinajstić information content (AvgIpc) is 3.09. The third-order valence-corrected chi connectivity index (χ3v) is 5.47. The standard InChI is InChI=1S/C18H18F3NO2S/c19-18(20,21)14-7-2-1-6-13(14)16(15-8-4-10-25-15)22-9-3-5-12(11-22)17(23)24/h1-2,4,6-8,10,12,16H,3,5,9,11H2,(H,23,24). The van der Waals surface area contributed by atoms with Gasteiger partial charge in [-0.2, -0.15) is 13.2 Å². The summed E-state index contributed by atoms with van der Waals surface area (Å²) in [6, 6.07) is 8.61. The number of piperidine rings is 1. The summed E-state index contributed by atoms with van der Waals surface area (Å²) in [6.07, 6.45) is -3.23. The van der Waals surface area contributed by atoms with Crippen LogP contribution in [-0.2, 0) is 11.0 Å². The lowest BCUT2D eigenvalue weighted by molar-refractivity contribution is -0.144. The van der Waals surface area contributed by atoms with Crippen molar-refractivity contribution < 1.29 is 23.1 Å². The monoisotopic (exact) mass is 369 g/mol. The summed E-state index contributed by atoms with van der Waals surface area (Å²) < 4.78 is 40.5. The highest BCUT2D eigenvalue weighted by Gasteiger charge is 2.38. The molecule has 3 rings (SSSR count). The number of carboxylic acid groups (broad SMARTS) is 1. The van der Waals surface area contributed by atoms with Crippen LogP contribution in [0.5, 0.6) is 0 Å². The minimum absolute atomic E-state index is 0.184. The van der Waals surface area contributed by atoms with Crippen molar-refractivity contribution in [2.24, 2.45) is 5.92 Å². The van der Waals surface area contributed by atoms with Gasteiger partial charge in [0.1, 0.15) is 0 Å². The molecular formula is C18H18F3NO2S. The van der Waals surface area contributed by atoms with E-state index in [4.69, 9.17) is 0 Å². The van der Waals surface area contributed by atoms with Gasteiger partial charge >= 0.3 is 12.1 Å². The quantitative estimate of drug-likeness (QED) is 0.853. The summed E-state index contributed by atoms with van der Waals surface area (Å²) in [6.45, 7) is 0.836. The summed E-state index contributed by atoms with van der Waals surface area (Å²) in [7, 11) is 0. The number of thiophene rings is 1. The van der Waals surface area contributed by atoms with Crippen molar-refractivity contribution in [3.05, 3.63) is 57.8 Å². The van der Waals surface area contributed by atoms with E-state index in [1.165, 1.54) is 23.5 Å². The number of rotatable bonds is 4. The molecule has 1 aromatic heterocycles. The fraction of sp³-hybridized carbons (Fsp3) is 0.389. The highest BCUT2D eigenvalue weighted by molar-refractivity contribution is 7.10. The van der Waals surface area contributed by atoms with Crippen LogP contribution in [0.2, 0.25) is 0 Å². The van der Waals surface area contributed by atoms with Gasteiger partial charge in [0, 0.05) is 11.4 Å². The molecule has 0 radical (unpaired) electrons. The Morgan fingerprint density at radius 1 is 1.24 bits per heavy atom. The third-order valence-electron chi connectivity index (χ3n) is 4.54. The van der Waals surface area contributed by atoms with E-state index in [1.54, 1.807) is 6.07 Å².